The lowest BCUT2D eigenvalue weighted by molar-refractivity contribution is -0.129. The standard InChI is InChI=1S/C16H25NO2/c1-13-5-4-8-16(2,3)14(13)6-7-15(18)17-9-11-19-12-10-17/h6-7H,4-5,8-12H2,1-3H3. The van der Waals surface area contributed by atoms with Crippen molar-refractivity contribution in [1.82, 2.24) is 4.90 Å². The lowest BCUT2D eigenvalue weighted by Crippen LogP contribution is -2.39. The van der Waals surface area contributed by atoms with Crippen LogP contribution in [0.15, 0.2) is 23.3 Å². The van der Waals surface area contributed by atoms with Gasteiger partial charge < -0.3 is 9.64 Å². The van der Waals surface area contributed by atoms with E-state index in [9.17, 15) is 4.79 Å². The van der Waals surface area contributed by atoms with Gasteiger partial charge in [-0.1, -0.05) is 25.5 Å². The molecule has 2 rings (SSSR count). The molecule has 1 aliphatic heterocycles. The van der Waals surface area contributed by atoms with Gasteiger partial charge in [-0.25, -0.2) is 0 Å². The molecule has 1 fully saturated rings. The predicted octanol–water partition coefficient (Wildman–Crippen LogP) is 2.93. The van der Waals surface area contributed by atoms with Gasteiger partial charge in [0.05, 0.1) is 13.2 Å². The van der Waals surface area contributed by atoms with Crippen LogP contribution in [0.4, 0.5) is 0 Å². The maximum absolute atomic E-state index is 12.1. The maximum Gasteiger partial charge on any atom is 0.246 e. The summed E-state index contributed by atoms with van der Waals surface area (Å²) in [6.45, 7) is 9.48. The average molecular weight is 263 g/mol. The van der Waals surface area contributed by atoms with Gasteiger partial charge in [-0.15, -0.1) is 0 Å². The first-order valence-electron chi connectivity index (χ1n) is 7.26. The molecule has 3 nitrogen and oxygen atoms in total. The highest BCUT2D eigenvalue weighted by atomic mass is 16.5. The molecular formula is C16H25NO2. The van der Waals surface area contributed by atoms with Gasteiger partial charge in [-0.3, -0.25) is 4.79 Å². The third-order valence-corrected chi connectivity index (χ3v) is 4.26. The van der Waals surface area contributed by atoms with Crippen LogP contribution in [0.3, 0.4) is 0 Å². The third kappa shape index (κ3) is 3.47. The maximum atomic E-state index is 12.1. The Morgan fingerprint density at radius 1 is 1.32 bits per heavy atom. The molecule has 2 aliphatic rings. The minimum Gasteiger partial charge on any atom is -0.378 e. The number of amides is 1. The first-order valence-corrected chi connectivity index (χ1v) is 7.26. The Morgan fingerprint density at radius 3 is 2.63 bits per heavy atom. The molecule has 0 N–H and O–H groups in total. The minimum atomic E-state index is 0.116. The van der Waals surface area contributed by atoms with Crippen LogP contribution in [0.2, 0.25) is 0 Å². The molecule has 0 radical (unpaired) electrons. The summed E-state index contributed by atoms with van der Waals surface area (Å²) in [6, 6.07) is 0. The number of hydrogen-bond donors (Lipinski definition) is 0. The van der Waals surface area contributed by atoms with Gasteiger partial charge in [0.25, 0.3) is 0 Å². The van der Waals surface area contributed by atoms with Crippen LogP contribution >= 0.6 is 0 Å². The molecule has 1 heterocycles. The van der Waals surface area contributed by atoms with Crippen molar-refractivity contribution in [2.24, 2.45) is 5.41 Å². The van der Waals surface area contributed by atoms with E-state index in [2.05, 4.69) is 20.8 Å². The van der Waals surface area contributed by atoms with Crippen LogP contribution < -0.4 is 0 Å². The molecule has 0 aromatic rings. The van der Waals surface area contributed by atoms with Gasteiger partial charge in [0, 0.05) is 19.2 Å². The van der Waals surface area contributed by atoms with E-state index >= 15 is 0 Å². The number of morpholine rings is 1. The zero-order chi connectivity index (χ0) is 13.9. The summed E-state index contributed by atoms with van der Waals surface area (Å²) in [7, 11) is 0. The lowest BCUT2D eigenvalue weighted by atomic mass is 9.72. The molecule has 1 saturated heterocycles. The Labute approximate surface area is 116 Å². The van der Waals surface area contributed by atoms with E-state index in [4.69, 9.17) is 4.74 Å². The molecule has 0 atom stereocenters. The Morgan fingerprint density at radius 2 is 2.00 bits per heavy atom. The largest absolute Gasteiger partial charge is 0.378 e. The summed E-state index contributed by atoms with van der Waals surface area (Å²) in [4.78, 5) is 14.0. The first kappa shape index (κ1) is 14.3. The van der Waals surface area contributed by atoms with Gasteiger partial charge >= 0.3 is 0 Å². The topological polar surface area (TPSA) is 29.5 Å². The van der Waals surface area contributed by atoms with Crippen molar-refractivity contribution in [2.75, 3.05) is 26.3 Å². The normalized spacial score (nSPS) is 24.1. The summed E-state index contributed by atoms with van der Waals surface area (Å²) in [5.41, 5.74) is 2.98. The number of carbonyl (C=O) groups is 1. The highest BCUT2D eigenvalue weighted by molar-refractivity contribution is 5.88. The third-order valence-electron chi connectivity index (χ3n) is 4.26. The number of hydrogen-bond acceptors (Lipinski definition) is 2. The predicted molar refractivity (Wildman–Crippen MR) is 76.9 cm³/mol. The Bertz CT molecular complexity index is 401. The van der Waals surface area contributed by atoms with E-state index in [0.29, 0.717) is 26.3 Å². The monoisotopic (exact) mass is 263 g/mol. The number of carbonyl (C=O) groups excluding carboxylic acids is 1. The number of ether oxygens (including phenoxy) is 1. The zero-order valence-electron chi connectivity index (χ0n) is 12.4. The van der Waals surface area contributed by atoms with Gasteiger partial charge in [0.1, 0.15) is 0 Å². The molecule has 0 saturated carbocycles. The molecule has 0 bridgehead atoms. The number of rotatable bonds is 2. The van der Waals surface area contributed by atoms with Crippen molar-refractivity contribution in [1.29, 1.82) is 0 Å². The zero-order valence-corrected chi connectivity index (χ0v) is 12.4. The quantitative estimate of drug-likeness (QED) is 0.717. The smallest absolute Gasteiger partial charge is 0.246 e. The SMILES string of the molecule is CC1=C(C=CC(=O)N2CCOCC2)C(C)(C)CCC1. The van der Waals surface area contributed by atoms with Crippen molar-refractivity contribution in [3.05, 3.63) is 23.3 Å². The second-order valence-corrected chi connectivity index (χ2v) is 6.20. The lowest BCUT2D eigenvalue weighted by Gasteiger charge is -2.33. The average Bonchev–Trinajstić information content (AvgIpc) is 2.38. The van der Waals surface area contributed by atoms with Gasteiger partial charge in [-0.2, -0.15) is 0 Å². The van der Waals surface area contributed by atoms with Crippen molar-refractivity contribution < 1.29 is 9.53 Å². The molecular weight excluding hydrogens is 238 g/mol. The molecule has 0 aromatic carbocycles. The molecule has 3 heteroatoms. The van der Waals surface area contributed by atoms with Gasteiger partial charge in [0.2, 0.25) is 5.91 Å². The van der Waals surface area contributed by atoms with Crippen molar-refractivity contribution in [3.63, 3.8) is 0 Å². The van der Waals surface area contributed by atoms with E-state index < -0.39 is 0 Å². The van der Waals surface area contributed by atoms with Crippen LogP contribution in [0.1, 0.15) is 40.0 Å². The number of allylic oxidation sites excluding steroid dienone is 3. The highest BCUT2D eigenvalue weighted by Gasteiger charge is 2.26. The van der Waals surface area contributed by atoms with E-state index in [1.54, 1.807) is 6.08 Å². The second-order valence-electron chi connectivity index (χ2n) is 6.20. The number of nitrogens with zero attached hydrogens (tertiary/aromatic N) is 1. The van der Waals surface area contributed by atoms with Crippen molar-refractivity contribution >= 4 is 5.91 Å². The van der Waals surface area contributed by atoms with Crippen LogP contribution in [0.25, 0.3) is 0 Å². The summed E-state index contributed by atoms with van der Waals surface area (Å²) >= 11 is 0. The Hall–Kier alpha value is -1.09. The summed E-state index contributed by atoms with van der Waals surface area (Å²) in [6.07, 6.45) is 7.42. The highest BCUT2D eigenvalue weighted by Crippen LogP contribution is 2.40. The fraction of sp³-hybridized carbons (Fsp3) is 0.688. The van der Waals surface area contributed by atoms with E-state index in [-0.39, 0.29) is 11.3 Å². The Kier molecular flexibility index (Phi) is 4.46. The molecule has 1 aliphatic carbocycles. The summed E-state index contributed by atoms with van der Waals surface area (Å²) in [5.74, 6) is 0.116. The second kappa shape index (κ2) is 5.91. The van der Waals surface area contributed by atoms with Crippen LogP contribution in [0, 0.1) is 5.41 Å². The minimum absolute atomic E-state index is 0.116. The first-order chi connectivity index (χ1) is 9.00. The van der Waals surface area contributed by atoms with Gasteiger partial charge in [0.15, 0.2) is 0 Å². The molecule has 0 aromatic heterocycles. The van der Waals surface area contributed by atoms with Crippen molar-refractivity contribution in [3.8, 4) is 0 Å². The van der Waals surface area contributed by atoms with Crippen LogP contribution in [-0.2, 0) is 9.53 Å². The van der Waals surface area contributed by atoms with Gasteiger partial charge in [-0.05, 0) is 37.2 Å². The van der Waals surface area contributed by atoms with E-state index in [0.717, 1.165) is 6.42 Å². The van der Waals surface area contributed by atoms with Crippen LogP contribution in [-0.4, -0.2) is 37.1 Å². The van der Waals surface area contributed by atoms with E-state index in [1.807, 2.05) is 11.0 Å². The van der Waals surface area contributed by atoms with Crippen molar-refractivity contribution in [2.45, 2.75) is 40.0 Å². The fourth-order valence-corrected chi connectivity index (χ4v) is 3.05. The summed E-state index contributed by atoms with van der Waals surface area (Å²) in [5, 5.41) is 0. The van der Waals surface area contributed by atoms with Crippen LogP contribution in [0.5, 0.6) is 0 Å². The molecule has 0 unspecified atom stereocenters. The molecule has 19 heavy (non-hydrogen) atoms. The molecule has 106 valence electrons. The summed E-state index contributed by atoms with van der Waals surface area (Å²) < 4.78 is 5.27. The fourth-order valence-electron chi connectivity index (χ4n) is 3.05. The van der Waals surface area contributed by atoms with E-state index in [1.165, 1.54) is 24.0 Å². The Balaban J connectivity index is 2.06. The molecule has 1 amide bonds. The molecule has 0 spiro atoms.